The van der Waals surface area contributed by atoms with Crippen LogP contribution in [0.15, 0.2) is 46.0 Å². The quantitative estimate of drug-likeness (QED) is 0.825. The lowest BCUT2D eigenvalue weighted by molar-refractivity contribution is 0.311. The third-order valence-corrected chi connectivity index (χ3v) is 6.87. The average molecular weight is 351 g/mol. The number of hydrogen-bond acceptors (Lipinski definition) is 4. The minimum absolute atomic E-state index is 0.274. The summed E-state index contributed by atoms with van der Waals surface area (Å²) in [7, 11) is -3.50. The number of benzene rings is 1. The van der Waals surface area contributed by atoms with E-state index in [2.05, 4.69) is 16.8 Å². The molecule has 2 heterocycles. The van der Waals surface area contributed by atoms with E-state index in [0.717, 1.165) is 12.8 Å². The summed E-state index contributed by atoms with van der Waals surface area (Å²) in [5.74, 6) is 0.907. The van der Waals surface area contributed by atoms with Crippen LogP contribution in [0.5, 0.6) is 5.75 Å². The third-order valence-electron chi connectivity index (χ3n) is 4.24. The normalized spacial score (nSPS) is 17.3. The molecule has 0 N–H and O–H groups in total. The average Bonchev–Trinajstić information content (AvgIpc) is 3.10. The van der Waals surface area contributed by atoms with Crippen LogP contribution in [0.1, 0.15) is 31.2 Å². The second-order valence-corrected chi connectivity index (χ2v) is 8.30. The Hall–Kier alpha value is -1.37. The van der Waals surface area contributed by atoms with E-state index in [-0.39, 0.29) is 4.90 Å². The van der Waals surface area contributed by atoms with E-state index in [0.29, 0.717) is 31.4 Å². The van der Waals surface area contributed by atoms with Gasteiger partial charge in [0.25, 0.3) is 0 Å². The molecule has 0 amide bonds. The lowest BCUT2D eigenvalue weighted by Crippen LogP contribution is -2.38. The van der Waals surface area contributed by atoms with Gasteiger partial charge in [0.2, 0.25) is 10.0 Å². The summed E-state index contributed by atoms with van der Waals surface area (Å²) >= 11 is 1.70. The predicted octanol–water partition coefficient (Wildman–Crippen LogP) is 3.72. The Morgan fingerprint density at radius 2 is 1.96 bits per heavy atom. The summed E-state index contributed by atoms with van der Waals surface area (Å²) in [5, 5.41) is 4.25. The van der Waals surface area contributed by atoms with Gasteiger partial charge in [-0.3, -0.25) is 0 Å². The molecule has 0 unspecified atom stereocenters. The molecule has 1 saturated heterocycles. The molecule has 0 saturated carbocycles. The predicted molar refractivity (Wildman–Crippen MR) is 92.7 cm³/mol. The van der Waals surface area contributed by atoms with Crippen LogP contribution in [0.3, 0.4) is 0 Å². The van der Waals surface area contributed by atoms with E-state index < -0.39 is 10.0 Å². The van der Waals surface area contributed by atoms with E-state index >= 15 is 0 Å². The van der Waals surface area contributed by atoms with Gasteiger partial charge in [0.1, 0.15) is 10.6 Å². The molecule has 0 radical (unpaired) electrons. The van der Waals surface area contributed by atoms with Crippen LogP contribution in [0.2, 0.25) is 0 Å². The highest BCUT2D eigenvalue weighted by Crippen LogP contribution is 2.33. The molecule has 23 heavy (non-hydrogen) atoms. The van der Waals surface area contributed by atoms with Crippen molar-refractivity contribution in [2.24, 2.45) is 0 Å². The minimum atomic E-state index is -3.50. The van der Waals surface area contributed by atoms with Crippen molar-refractivity contribution in [1.82, 2.24) is 4.31 Å². The zero-order valence-corrected chi connectivity index (χ0v) is 14.8. The molecule has 2 aromatic rings. The van der Waals surface area contributed by atoms with Crippen molar-refractivity contribution in [2.45, 2.75) is 30.6 Å². The number of rotatable bonds is 5. The summed E-state index contributed by atoms with van der Waals surface area (Å²) in [6.07, 6.45) is 1.74. The van der Waals surface area contributed by atoms with E-state index in [1.54, 1.807) is 39.9 Å². The van der Waals surface area contributed by atoms with Gasteiger partial charge in [0.05, 0.1) is 6.61 Å². The van der Waals surface area contributed by atoms with Gasteiger partial charge in [-0.25, -0.2) is 8.42 Å². The summed E-state index contributed by atoms with van der Waals surface area (Å²) < 4.78 is 32.9. The van der Waals surface area contributed by atoms with E-state index in [4.69, 9.17) is 4.74 Å². The molecule has 1 aliphatic heterocycles. The lowest BCUT2D eigenvalue weighted by atomic mass is 9.92. The molecular weight excluding hydrogens is 330 g/mol. The molecule has 0 bridgehead atoms. The molecule has 0 aliphatic carbocycles. The van der Waals surface area contributed by atoms with Crippen molar-refractivity contribution in [3.8, 4) is 5.75 Å². The van der Waals surface area contributed by atoms with Crippen molar-refractivity contribution in [2.75, 3.05) is 19.7 Å². The summed E-state index contributed by atoms with van der Waals surface area (Å²) in [6.45, 7) is 3.43. The number of piperidine rings is 1. The van der Waals surface area contributed by atoms with Gasteiger partial charge in [-0.1, -0.05) is 12.1 Å². The van der Waals surface area contributed by atoms with Gasteiger partial charge in [-0.05, 0) is 60.2 Å². The summed E-state index contributed by atoms with van der Waals surface area (Å²) in [6, 6.07) is 9.03. The van der Waals surface area contributed by atoms with Gasteiger partial charge in [-0.2, -0.15) is 15.6 Å². The maximum Gasteiger partial charge on any atom is 0.246 e. The molecule has 124 valence electrons. The first-order chi connectivity index (χ1) is 11.1. The maximum atomic E-state index is 12.9. The second kappa shape index (κ2) is 7.03. The van der Waals surface area contributed by atoms with Crippen LogP contribution in [-0.2, 0) is 10.0 Å². The minimum Gasteiger partial charge on any atom is -0.492 e. The van der Waals surface area contributed by atoms with E-state index in [9.17, 15) is 8.42 Å². The van der Waals surface area contributed by atoms with Gasteiger partial charge in [-0.15, -0.1) is 0 Å². The maximum absolute atomic E-state index is 12.9. The topological polar surface area (TPSA) is 46.6 Å². The molecule has 6 heteroatoms. The first-order valence-electron chi connectivity index (χ1n) is 7.87. The second-order valence-electron chi connectivity index (χ2n) is 5.61. The molecule has 1 fully saturated rings. The van der Waals surface area contributed by atoms with Gasteiger partial charge >= 0.3 is 0 Å². The highest BCUT2D eigenvalue weighted by Gasteiger charge is 2.31. The van der Waals surface area contributed by atoms with Gasteiger partial charge in [0, 0.05) is 13.1 Å². The Kier molecular flexibility index (Phi) is 5.04. The first kappa shape index (κ1) is 16.5. The van der Waals surface area contributed by atoms with Gasteiger partial charge in [0.15, 0.2) is 0 Å². The van der Waals surface area contributed by atoms with Crippen LogP contribution < -0.4 is 4.74 Å². The van der Waals surface area contributed by atoms with Crippen LogP contribution >= 0.6 is 11.3 Å². The van der Waals surface area contributed by atoms with Crippen molar-refractivity contribution < 1.29 is 13.2 Å². The molecule has 1 aromatic carbocycles. The van der Waals surface area contributed by atoms with Crippen LogP contribution in [0, 0.1) is 0 Å². The van der Waals surface area contributed by atoms with Crippen molar-refractivity contribution in [3.63, 3.8) is 0 Å². The fourth-order valence-corrected chi connectivity index (χ4v) is 5.36. The fourth-order valence-electron chi connectivity index (χ4n) is 3.01. The van der Waals surface area contributed by atoms with Crippen molar-refractivity contribution >= 4 is 21.4 Å². The Morgan fingerprint density at radius 3 is 2.61 bits per heavy atom. The standard InChI is InChI=1S/C17H21NO3S2/c1-2-21-16-5-3-4-6-17(16)23(19,20)18-10-7-14(8-11-18)15-9-12-22-13-15/h3-6,9,12-14H,2,7-8,10-11H2,1H3. The Labute approximate surface area is 141 Å². The number of hydrogen-bond donors (Lipinski definition) is 0. The van der Waals surface area contributed by atoms with Crippen LogP contribution in [0.25, 0.3) is 0 Å². The van der Waals surface area contributed by atoms with Crippen molar-refractivity contribution in [1.29, 1.82) is 0 Å². The molecule has 3 rings (SSSR count). The number of nitrogens with zero attached hydrogens (tertiary/aromatic N) is 1. The molecule has 4 nitrogen and oxygen atoms in total. The molecule has 0 atom stereocenters. The van der Waals surface area contributed by atoms with E-state index in [1.165, 1.54) is 5.56 Å². The smallest absolute Gasteiger partial charge is 0.246 e. The zero-order valence-electron chi connectivity index (χ0n) is 13.1. The highest BCUT2D eigenvalue weighted by atomic mass is 32.2. The van der Waals surface area contributed by atoms with Crippen LogP contribution in [0.4, 0.5) is 0 Å². The Balaban J connectivity index is 1.77. The Bertz CT molecular complexity index is 733. The molecular formula is C17H21NO3S2. The van der Waals surface area contributed by atoms with Crippen LogP contribution in [-0.4, -0.2) is 32.4 Å². The SMILES string of the molecule is CCOc1ccccc1S(=O)(=O)N1CCC(c2ccsc2)CC1. The lowest BCUT2D eigenvalue weighted by Gasteiger charge is -2.31. The largest absolute Gasteiger partial charge is 0.492 e. The monoisotopic (exact) mass is 351 g/mol. The molecule has 1 aliphatic rings. The molecule has 0 spiro atoms. The summed E-state index contributed by atoms with van der Waals surface area (Å²) in [4.78, 5) is 0.274. The highest BCUT2D eigenvalue weighted by molar-refractivity contribution is 7.89. The zero-order chi connectivity index (χ0) is 16.3. The third kappa shape index (κ3) is 3.44. The fraction of sp³-hybridized carbons (Fsp3) is 0.412. The summed E-state index contributed by atoms with van der Waals surface area (Å²) in [5.41, 5.74) is 1.33. The first-order valence-corrected chi connectivity index (χ1v) is 10.2. The number of ether oxygens (including phenoxy) is 1. The van der Waals surface area contributed by atoms with E-state index in [1.807, 2.05) is 6.92 Å². The number of thiophene rings is 1. The number of sulfonamides is 1. The Morgan fingerprint density at radius 1 is 1.22 bits per heavy atom. The number of para-hydroxylation sites is 1. The molecule has 1 aromatic heterocycles. The van der Waals surface area contributed by atoms with Crippen molar-refractivity contribution in [3.05, 3.63) is 46.7 Å². The van der Waals surface area contributed by atoms with Gasteiger partial charge < -0.3 is 4.74 Å².